The van der Waals surface area contributed by atoms with Crippen LogP contribution in [0, 0.1) is 19.7 Å². The third-order valence-corrected chi connectivity index (χ3v) is 7.97. The molecule has 1 N–H and O–H groups in total. The smallest absolute Gasteiger partial charge is 0.262 e. The van der Waals surface area contributed by atoms with Gasteiger partial charge in [0.05, 0.1) is 21.5 Å². The highest BCUT2D eigenvalue weighted by Crippen LogP contribution is 2.28. The lowest BCUT2D eigenvalue weighted by atomic mass is 10.1. The van der Waals surface area contributed by atoms with Crippen LogP contribution in [0.5, 0.6) is 0 Å². The highest BCUT2D eigenvalue weighted by Gasteiger charge is 2.22. The Bertz CT molecular complexity index is 1610. The zero-order valence-corrected chi connectivity index (χ0v) is 25.0. The summed E-state index contributed by atoms with van der Waals surface area (Å²) in [6.07, 6.45) is 6.52. The Labute approximate surface area is 236 Å². The first kappa shape index (κ1) is 30.8. The standard InChI is InChI=1S/C29H33FN4O3S.C2H6/c1-5-13-33(14-6-2)27-17-26-23(16-24(27)30)29(35)25(19-34(26)18-22-9-11-31-12-10-22)32-38(36,37)28-8-7-20(3)15-21(28)4;1-2/h7-12,15-17,19,32H,5-6,13-14,18H2,1-4H3;1-2H3. The van der Waals surface area contributed by atoms with E-state index in [0.29, 0.717) is 36.4 Å². The minimum Gasteiger partial charge on any atom is -0.369 e. The molecule has 0 aliphatic heterocycles. The minimum absolute atomic E-state index is 0.0829. The van der Waals surface area contributed by atoms with E-state index < -0.39 is 21.3 Å². The van der Waals surface area contributed by atoms with Crippen molar-refractivity contribution >= 4 is 32.3 Å². The van der Waals surface area contributed by atoms with Crippen LogP contribution in [-0.4, -0.2) is 31.1 Å². The molecule has 40 heavy (non-hydrogen) atoms. The maximum absolute atomic E-state index is 15.4. The first-order chi connectivity index (χ1) is 19.1. The van der Waals surface area contributed by atoms with Gasteiger partial charge in [-0.15, -0.1) is 0 Å². The summed E-state index contributed by atoms with van der Waals surface area (Å²) in [6, 6.07) is 11.6. The summed E-state index contributed by atoms with van der Waals surface area (Å²) in [6.45, 7) is 13.4. The Kier molecular flexibility index (Phi) is 10.5. The van der Waals surface area contributed by atoms with Crippen molar-refractivity contribution in [3.8, 4) is 0 Å². The summed E-state index contributed by atoms with van der Waals surface area (Å²) in [5.41, 5.74) is 2.62. The number of hydrogen-bond acceptors (Lipinski definition) is 5. The maximum atomic E-state index is 15.4. The fraction of sp³-hybridized carbons (Fsp3) is 0.355. The molecule has 214 valence electrons. The van der Waals surface area contributed by atoms with Crippen LogP contribution >= 0.6 is 0 Å². The van der Waals surface area contributed by atoms with Gasteiger partial charge in [0.1, 0.15) is 11.5 Å². The predicted molar refractivity (Wildman–Crippen MR) is 162 cm³/mol. The lowest BCUT2D eigenvalue weighted by Gasteiger charge is -2.25. The van der Waals surface area contributed by atoms with E-state index in [1.54, 1.807) is 42.1 Å². The van der Waals surface area contributed by atoms with Crippen LogP contribution in [0.15, 0.2) is 70.7 Å². The van der Waals surface area contributed by atoms with Crippen molar-refractivity contribution < 1.29 is 12.8 Å². The van der Waals surface area contributed by atoms with Gasteiger partial charge in [0.25, 0.3) is 10.0 Å². The molecule has 9 heteroatoms. The van der Waals surface area contributed by atoms with Gasteiger partial charge in [-0.25, -0.2) is 12.8 Å². The quantitative estimate of drug-likeness (QED) is 0.232. The minimum atomic E-state index is -4.06. The van der Waals surface area contributed by atoms with Crippen LogP contribution in [0.2, 0.25) is 0 Å². The second-order valence-corrected chi connectivity index (χ2v) is 11.2. The topological polar surface area (TPSA) is 84.3 Å². The SMILES string of the molecule is CC.CCCN(CCC)c1cc2c(cc1F)c(=O)c(NS(=O)(=O)c1ccc(C)cc1C)cn2Cc1ccncc1. The summed E-state index contributed by atoms with van der Waals surface area (Å²) in [5.74, 6) is -0.513. The number of fused-ring (bicyclic) bond motifs is 1. The fourth-order valence-electron chi connectivity index (χ4n) is 4.72. The molecule has 0 saturated heterocycles. The summed E-state index contributed by atoms with van der Waals surface area (Å²) in [7, 11) is -4.06. The molecule has 0 radical (unpaired) electrons. The van der Waals surface area contributed by atoms with E-state index in [1.165, 1.54) is 18.3 Å². The highest BCUT2D eigenvalue weighted by atomic mass is 32.2. The number of anilines is 2. The molecular weight excluding hydrogens is 527 g/mol. The largest absolute Gasteiger partial charge is 0.369 e. The van der Waals surface area contributed by atoms with Crippen LogP contribution in [0.1, 0.15) is 57.2 Å². The molecular formula is C31H39FN4O3S. The Balaban J connectivity index is 0.00000216. The number of rotatable bonds is 10. The zero-order chi connectivity index (χ0) is 29.4. The summed E-state index contributed by atoms with van der Waals surface area (Å²) in [4.78, 5) is 19.7. The van der Waals surface area contributed by atoms with Crippen LogP contribution in [-0.2, 0) is 16.6 Å². The number of aryl methyl sites for hydroxylation is 2. The molecule has 4 aromatic rings. The number of halogens is 1. The lowest BCUT2D eigenvalue weighted by molar-refractivity contribution is 0.600. The highest BCUT2D eigenvalue weighted by molar-refractivity contribution is 7.92. The Morgan fingerprint density at radius 3 is 2.23 bits per heavy atom. The lowest BCUT2D eigenvalue weighted by Crippen LogP contribution is -2.26. The van der Waals surface area contributed by atoms with Crippen LogP contribution < -0.4 is 15.1 Å². The molecule has 0 amide bonds. The Morgan fingerprint density at radius 2 is 1.62 bits per heavy atom. The van der Waals surface area contributed by atoms with Crippen molar-refractivity contribution in [2.75, 3.05) is 22.7 Å². The van der Waals surface area contributed by atoms with E-state index in [1.807, 2.05) is 51.7 Å². The van der Waals surface area contributed by atoms with Crippen molar-refractivity contribution in [3.63, 3.8) is 0 Å². The van der Waals surface area contributed by atoms with Crippen LogP contribution in [0.4, 0.5) is 15.8 Å². The number of aromatic nitrogens is 2. The van der Waals surface area contributed by atoms with Gasteiger partial charge in [0.15, 0.2) is 0 Å². The molecule has 4 rings (SSSR count). The number of benzene rings is 2. The number of sulfonamides is 1. The van der Waals surface area contributed by atoms with Crippen molar-refractivity contribution in [1.82, 2.24) is 9.55 Å². The van der Waals surface area contributed by atoms with Gasteiger partial charge < -0.3 is 9.47 Å². The summed E-state index contributed by atoms with van der Waals surface area (Å²) < 4.78 is 46.3. The molecule has 2 heterocycles. The van der Waals surface area contributed by atoms with E-state index >= 15 is 4.39 Å². The first-order valence-corrected chi connectivity index (χ1v) is 15.2. The number of hydrogen-bond donors (Lipinski definition) is 1. The van der Waals surface area contributed by atoms with Gasteiger partial charge in [-0.1, -0.05) is 45.4 Å². The third kappa shape index (κ3) is 6.88. The number of nitrogens with zero attached hydrogens (tertiary/aromatic N) is 3. The van der Waals surface area contributed by atoms with Crippen molar-refractivity contribution in [2.45, 2.75) is 65.8 Å². The summed E-state index contributed by atoms with van der Waals surface area (Å²) >= 11 is 0. The van der Waals surface area contributed by atoms with Crippen LogP contribution in [0.25, 0.3) is 10.9 Å². The molecule has 0 unspecified atom stereocenters. The molecule has 0 atom stereocenters. The van der Waals surface area contributed by atoms with Gasteiger partial charge in [-0.05, 0) is 68.1 Å². The van der Waals surface area contributed by atoms with Crippen molar-refractivity contribution in [3.05, 3.63) is 93.8 Å². The third-order valence-electron chi connectivity index (χ3n) is 6.44. The molecule has 0 saturated carbocycles. The van der Waals surface area contributed by atoms with E-state index in [-0.39, 0.29) is 16.0 Å². The molecule has 0 aliphatic rings. The van der Waals surface area contributed by atoms with Gasteiger partial charge in [-0.3, -0.25) is 14.5 Å². The fourth-order valence-corrected chi connectivity index (χ4v) is 6.00. The molecule has 0 aliphatic carbocycles. The Morgan fingerprint density at radius 1 is 0.975 bits per heavy atom. The summed E-state index contributed by atoms with van der Waals surface area (Å²) in [5, 5.41) is 0.106. The van der Waals surface area contributed by atoms with E-state index in [0.717, 1.165) is 24.0 Å². The molecule has 0 spiro atoms. The molecule has 2 aromatic carbocycles. The second kappa shape index (κ2) is 13.6. The predicted octanol–water partition coefficient (Wildman–Crippen LogP) is 6.65. The second-order valence-electron chi connectivity index (χ2n) is 9.54. The van der Waals surface area contributed by atoms with E-state index in [9.17, 15) is 13.2 Å². The molecule has 0 fully saturated rings. The maximum Gasteiger partial charge on any atom is 0.262 e. The first-order valence-electron chi connectivity index (χ1n) is 13.7. The molecule has 2 aromatic heterocycles. The average molecular weight is 567 g/mol. The number of nitrogens with one attached hydrogen (secondary N) is 1. The molecule has 7 nitrogen and oxygen atoms in total. The van der Waals surface area contributed by atoms with Gasteiger partial charge in [0, 0.05) is 38.2 Å². The number of pyridine rings is 2. The van der Waals surface area contributed by atoms with Gasteiger partial charge in [-0.2, -0.15) is 0 Å². The van der Waals surface area contributed by atoms with Crippen molar-refractivity contribution in [1.29, 1.82) is 0 Å². The van der Waals surface area contributed by atoms with E-state index in [2.05, 4.69) is 9.71 Å². The monoisotopic (exact) mass is 566 g/mol. The Hall–Kier alpha value is -3.72. The molecule has 0 bridgehead atoms. The average Bonchev–Trinajstić information content (AvgIpc) is 2.92. The van der Waals surface area contributed by atoms with Crippen LogP contribution in [0.3, 0.4) is 0 Å². The van der Waals surface area contributed by atoms with Gasteiger partial charge in [0.2, 0.25) is 5.43 Å². The van der Waals surface area contributed by atoms with Gasteiger partial charge >= 0.3 is 0 Å². The van der Waals surface area contributed by atoms with Crippen molar-refractivity contribution in [2.24, 2.45) is 0 Å². The van der Waals surface area contributed by atoms with E-state index in [4.69, 9.17) is 0 Å². The zero-order valence-electron chi connectivity index (χ0n) is 24.2. The normalized spacial score (nSPS) is 11.2.